The van der Waals surface area contributed by atoms with Gasteiger partial charge in [-0.25, -0.2) is 4.98 Å². The zero-order chi connectivity index (χ0) is 17.7. The van der Waals surface area contributed by atoms with Crippen molar-refractivity contribution in [1.82, 2.24) is 10.3 Å². The van der Waals surface area contributed by atoms with E-state index < -0.39 is 0 Å². The lowest BCUT2D eigenvalue weighted by Crippen LogP contribution is -2.48. The first-order chi connectivity index (χ1) is 12.7. The van der Waals surface area contributed by atoms with Crippen molar-refractivity contribution < 1.29 is 4.79 Å². The molecule has 134 valence electrons. The Kier molecular flexibility index (Phi) is 3.69. The maximum Gasteiger partial charge on any atom is 0.240 e. The molecule has 1 aliphatic carbocycles. The average Bonchev–Trinajstić information content (AvgIpc) is 3.44. The molecule has 1 aromatic carbocycles. The van der Waals surface area contributed by atoms with E-state index in [1.54, 1.807) is 6.20 Å². The second-order valence-corrected chi connectivity index (χ2v) is 7.80. The molecule has 3 heterocycles. The van der Waals surface area contributed by atoms with Crippen molar-refractivity contribution in [3.8, 4) is 0 Å². The van der Waals surface area contributed by atoms with Crippen LogP contribution in [0.4, 0.5) is 11.5 Å². The van der Waals surface area contributed by atoms with Crippen molar-refractivity contribution in [1.29, 1.82) is 0 Å². The number of hydrogen-bond acceptors (Lipinski definition) is 4. The Balaban J connectivity index is 1.63. The Labute approximate surface area is 157 Å². The number of carbonyl (C=O) groups is 1. The highest BCUT2D eigenvalue weighted by atomic mass is 35.5. The van der Waals surface area contributed by atoms with E-state index >= 15 is 0 Å². The van der Waals surface area contributed by atoms with E-state index in [1.807, 2.05) is 17.0 Å². The molecule has 1 saturated carbocycles. The quantitative estimate of drug-likeness (QED) is 0.874. The number of benzene rings is 1. The first-order valence-corrected chi connectivity index (χ1v) is 9.58. The minimum absolute atomic E-state index is 0.124. The van der Waals surface area contributed by atoms with Crippen LogP contribution in [0.15, 0.2) is 36.5 Å². The SMILES string of the molecule is O=C1CNCCN1c1cccc(C2(C3CC3)CNc3nccc(Cl)c32)c1. The van der Waals surface area contributed by atoms with Gasteiger partial charge in [-0.1, -0.05) is 23.7 Å². The van der Waals surface area contributed by atoms with Gasteiger partial charge in [0.15, 0.2) is 0 Å². The number of fused-ring (bicyclic) bond motifs is 1. The Morgan fingerprint density at radius 1 is 1.27 bits per heavy atom. The summed E-state index contributed by atoms with van der Waals surface area (Å²) in [4.78, 5) is 18.7. The molecule has 5 rings (SSSR count). The van der Waals surface area contributed by atoms with Crippen molar-refractivity contribution in [2.45, 2.75) is 18.3 Å². The lowest BCUT2D eigenvalue weighted by atomic mass is 9.72. The Bertz CT molecular complexity index is 882. The first kappa shape index (κ1) is 16.1. The van der Waals surface area contributed by atoms with E-state index in [0.717, 1.165) is 35.2 Å². The topological polar surface area (TPSA) is 57.3 Å². The summed E-state index contributed by atoms with van der Waals surface area (Å²) in [5.41, 5.74) is 3.16. The normalized spacial score (nSPS) is 25.1. The molecular formula is C20H21ClN4O. The van der Waals surface area contributed by atoms with Gasteiger partial charge in [-0.3, -0.25) is 4.79 Å². The lowest BCUT2D eigenvalue weighted by Gasteiger charge is -2.33. The van der Waals surface area contributed by atoms with Crippen LogP contribution in [0.1, 0.15) is 24.0 Å². The van der Waals surface area contributed by atoms with E-state index in [4.69, 9.17) is 11.6 Å². The summed E-state index contributed by atoms with van der Waals surface area (Å²) in [6, 6.07) is 10.3. The van der Waals surface area contributed by atoms with E-state index in [2.05, 4.69) is 33.8 Å². The van der Waals surface area contributed by atoms with Gasteiger partial charge in [-0.05, 0) is 42.5 Å². The molecule has 2 N–H and O–H groups in total. The van der Waals surface area contributed by atoms with Gasteiger partial charge in [-0.15, -0.1) is 0 Å². The molecule has 26 heavy (non-hydrogen) atoms. The molecular weight excluding hydrogens is 348 g/mol. The summed E-state index contributed by atoms with van der Waals surface area (Å²) in [5.74, 6) is 1.58. The molecule has 3 aliphatic rings. The number of anilines is 2. The fourth-order valence-corrected chi connectivity index (χ4v) is 4.86. The number of rotatable bonds is 3. The largest absolute Gasteiger partial charge is 0.369 e. The number of piperazine rings is 1. The van der Waals surface area contributed by atoms with Gasteiger partial charge in [0.2, 0.25) is 5.91 Å². The molecule has 2 fully saturated rings. The highest BCUT2D eigenvalue weighted by molar-refractivity contribution is 6.32. The summed E-state index contributed by atoms with van der Waals surface area (Å²) < 4.78 is 0. The zero-order valence-corrected chi connectivity index (χ0v) is 15.2. The highest BCUT2D eigenvalue weighted by Crippen LogP contribution is 2.57. The van der Waals surface area contributed by atoms with Crippen LogP contribution < -0.4 is 15.5 Å². The maximum absolute atomic E-state index is 12.3. The number of aromatic nitrogens is 1. The van der Waals surface area contributed by atoms with Gasteiger partial charge in [0, 0.05) is 47.5 Å². The van der Waals surface area contributed by atoms with E-state index in [0.29, 0.717) is 19.0 Å². The minimum Gasteiger partial charge on any atom is -0.369 e. The Hall–Kier alpha value is -2.11. The molecule has 0 spiro atoms. The molecule has 1 atom stereocenters. The molecule has 1 unspecified atom stereocenters. The third kappa shape index (κ3) is 2.34. The summed E-state index contributed by atoms with van der Waals surface area (Å²) in [6.07, 6.45) is 4.15. The molecule has 0 radical (unpaired) electrons. The Morgan fingerprint density at radius 2 is 2.15 bits per heavy atom. The molecule has 5 nitrogen and oxygen atoms in total. The van der Waals surface area contributed by atoms with Gasteiger partial charge in [0.25, 0.3) is 0 Å². The van der Waals surface area contributed by atoms with Crippen LogP contribution in [0.25, 0.3) is 0 Å². The van der Waals surface area contributed by atoms with Crippen LogP contribution in [0.3, 0.4) is 0 Å². The second kappa shape index (κ2) is 5.96. The standard InChI is InChI=1S/C20H21ClN4O/c21-16-6-7-23-19-18(16)20(12-24-19,13-4-5-13)14-2-1-3-15(10-14)25-9-8-22-11-17(25)26/h1-3,6-7,10,13,22H,4-5,8-9,11-12H2,(H,23,24). The predicted octanol–water partition coefficient (Wildman–Crippen LogP) is 2.79. The summed E-state index contributed by atoms with van der Waals surface area (Å²) in [7, 11) is 0. The van der Waals surface area contributed by atoms with Crippen LogP contribution >= 0.6 is 11.6 Å². The van der Waals surface area contributed by atoms with Gasteiger partial charge < -0.3 is 15.5 Å². The fraction of sp³-hybridized carbons (Fsp3) is 0.400. The smallest absolute Gasteiger partial charge is 0.240 e. The number of amides is 1. The van der Waals surface area contributed by atoms with Crippen LogP contribution in [0.2, 0.25) is 5.02 Å². The third-order valence-corrected chi connectivity index (χ3v) is 6.23. The number of nitrogens with one attached hydrogen (secondary N) is 2. The summed E-state index contributed by atoms with van der Waals surface area (Å²) in [5, 5.41) is 7.38. The summed E-state index contributed by atoms with van der Waals surface area (Å²) in [6.45, 7) is 2.74. The fourth-order valence-electron chi connectivity index (χ4n) is 4.55. The number of pyridine rings is 1. The first-order valence-electron chi connectivity index (χ1n) is 9.20. The molecule has 0 bridgehead atoms. The molecule has 1 aromatic heterocycles. The molecule has 6 heteroatoms. The van der Waals surface area contributed by atoms with Crippen LogP contribution in [0.5, 0.6) is 0 Å². The van der Waals surface area contributed by atoms with E-state index in [-0.39, 0.29) is 11.3 Å². The van der Waals surface area contributed by atoms with Crippen LogP contribution in [-0.4, -0.2) is 37.1 Å². The lowest BCUT2D eigenvalue weighted by molar-refractivity contribution is -0.118. The van der Waals surface area contributed by atoms with Crippen molar-refractivity contribution in [2.24, 2.45) is 5.92 Å². The minimum atomic E-state index is -0.159. The number of halogens is 1. The van der Waals surface area contributed by atoms with Gasteiger partial charge >= 0.3 is 0 Å². The third-order valence-electron chi connectivity index (χ3n) is 5.92. The number of carbonyl (C=O) groups excluding carboxylic acids is 1. The maximum atomic E-state index is 12.3. The molecule has 2 aliphatic heterocycles. The van der Waals surface area contributed by atoms with Crippen molar-refractivity contribution in [2.75, 3.05) is 36.4 Å². The monoisotopic (exact) mass is 368 g/mol. The highest BCUT2D eigenvalue weighted by Gasteiger charge is 2.53. The van der Waals surface area contributed by atoms with Crippen LogP contribution in [-0.2, 0) is 10.2 Å². The van der Waals surface area contributed by atoms with Gasteiger partial charge in [0.1, 0.15) is 5.82 Å². The number of nitrogens with zero attached hydrogens (tertiary/aromatic N) is 2. The summed E-state index contributed by atoms with van der Waals surface area (Å²) >= 11 is 6.63. The van der Waals surface area contributed by atoms with Gasteiger partial charge in [0.05, 0.1) is 6.54 Å². The van der Waals surface area contributed by atoms with Crippen LogP contribution in [0, 0.1) is 5.92 Å². The zero-order valence-electron chi connectivity index (χ0n) is 14.5. The van der Waals surface area contributed by atoms with E-state index in [9.17, 15) is 4.79 Å². The number of hydrogen-bond donors (Lipinski definition) is 2. The van der Waals surface area contributed by atoms with Crippen molar-refractivity contribution >= 4 is 29.0 Å². The van der Waals surface area contributed by atoms with E-state index in [1.165, 1.54) is 18.4 Å². The average molecular weight is 369 g/mol. The molecule has 2 aromatic rings. The molecule has 1 amide bonds. The van der Waals surface area contributed by atoms with Crippen molar-refractivity contribution in [3.05, 3.63) is 52.7 Å². The second-order valence-electron chi connectivity index (χ2n) is 7.39. The Morgan fingerprint density at radius 3 is 2.96 bits per heavy atom. The predicted molar refractivity (Wildman–Crippen MR) is 103 cm³/mol. The molecule has 1 saturated heterocycles. The van der Waals surface area contributed by atoms with Gasteiger partial charge in [-0.2, -0.15) is 0 Å². The van der Waals surface area contributed by atoms with Crippen molar-refractivity contribution in [3.63, 3.8) is 0 Å².